The van der Waals surface area contributed by atoms with E-state index in [0.29, 0.717) is 22.9 Å². The van der Waals surface area contributed by atoms with Gasteiger partial charge >= 0.3 is 12.0 Å². The molecule has 3 aromatic rings. The first-order valence-electron chi connectivity index (χ1n) is 10.4. The molecule has 0 bridgehead atoms. The van der Waals surface area contributed by atoms with Gasteiger partial charge < -0.3 is 9.47 Å². The minimum Gasteiger partial charge on any atom is -0.489 e. The number of halogens is 1. The molecule has 0 saturated carbocycles. The van der Waals surface area contributed by atoms with Crippen LogP contribution in [0.3, 0.4) is 0 Å². The number of amides is 4. The van der Waals surface area contributed by atoms with E-state index in [1.807, 2.05) is 12.1 Å². The number of urea groups is 1. The SMILES string of the molecule is COC(=O)c1ccc(N2C(=O)NC(=O)/C(=C/c3cccc(OCc4ccc(Cl)cc4)c3)C2=O)cc1. The van der Waals surface area contributed by atoms with Gasteiger partial charge in [-0.05, 0) is 65.7 Å². The van der Waals surface area contributed by atoms with E-state index < -0.39 is 23.8 Å². The van der Waals surface area contributed by atoms with Crippen LogP contribution in [0.15, 0.2) is 78.4 Å². The van der Waals surface area contributed by atoms with Gasteiger partial charge in [-0.2, -0.15) is 0 Å². The van der Waals surface area contributed by atoms with E-state index in [4.69, 9.17) is 16.3 Å². The van der Waals surface area contributed by atoms with Crippen LogP contribution in [-0.2, 0) is 20.9 Å². The number of methoxy groups -OCH3 is 1. The summed E-state index contributed by atoms with van der Waals surface area (Å²) < 4.78 is 10.5. The first-order valence-corrected chi connectivity index (χ1v) is 10.8. The van der Waals surface area contributed by atoms with E-state index in [-0.39, 0.29) is 16.8 Å². The van der Waals surface area contributed by atoms with Crippen molar-refractivity contribution in [2.45, 2.75) is 6.61 Å². The van der Waals surface area contributed by atoms with E-state index in [9.17, 15) is 19.2 Å². The number of nitrogens with zero attached hydrogens (tertiary/aromatic N) is 1. The van der Waals surface area contributed by atoms with Gasteiger partial charge in [0.1, 0.15) is 17.9 Å². The van der Waals surface area contributed by atoms with Gasteiger partial charge in [-0.25, -0.2) is 14.5 Å². The molecule has 0 aromatic heterocycles. The minimum atomic E-state index is -0.886. The molecule has 35 heavy (non-hydrogen) atoms. The lowest BCUT2D eigenvalue weighted by molar-refractivity contribution is -0.122. The summed E-state index contributed by atoms with van der Waals surface area (Å²) in [5.41, 5.74) is 1.68. The summed E-state index contributed by atoms with van der Waals surface area (Å²) in [5.74, 6) is -1.63. The van der Waals surface area contributed by atoms with Crippen molar-refractivity contribution in [2.24, 2.45) is 0 Å². The van der Waals surface area contributed by atoms with Crippen LogP contribution >= 0.6 is 11.6 Å². The molecule has 1 aliphatic rings. The molecular formula is C26H19ClN2O6. The Kier molecular flexibility index (Phi) is 6.93. The van der Waals surface area contributed by atoms with Crippen molar-refractivity contribution in [1.82, 2.24) is 5.32 Å². The molecule has 1 aliphatic heterocycles. The largest absolute Gasteiger partial charge is 0.489 e. The Bertz CT molecular complexity index is 1330. The maximum absolute atomic E-state index is 13.1. The number of carbonyl (C=O) groups excluding carboxylic acids is 4. The molecular weight excluding hydrogens is 472 g/mol. The minimum absolute atomic E-state index is 0.193. The summed E-state index contributed by atoms with van der Waals surface area (Å²) in [6.07, 6.45) is 1.38. The van der Waals surface area contributed by atoms with Gasteiger partial charge in [-0.3, -0.25) is 14.9 Å². The molecule has 8 nitrogen and oxygen atoms in total. The normalized spacial score (nSPS) is 14.6. The fourth-order valence-electron chi connectivity index (χ4n) is 3.36. The fraction of sp³-hybridized carbons (Fsp3) is 0.0769. The number of rotatable bonds is 6. The zero-order chi connectivity index (χ0) is 24.9. The van der Waals surface area contributed by atoms with Crippen LogP contribution in [0.4, 0.5) is 10.5 Å². The number of hydrogen-bond donors (Lipinski definition) is 1. The van der Waals surface area contributed by atoms with E-state index in [1.54, 1.807) is 36.4 Å². The quantitative estimate of drug-likeness (QED) is 0.313. The van der Waals surface area contributed by atoms with Crippen LogP contribution in [0, 0.1) is 0 Å². The van der Waals surface area contributed by atoms with Gasteiger partial charge in [0.15, 0.2) is 0 Å². The molecule has 0 aliphatic carbocycles. The molecule has 1 heterocycles. The maximum atomic E-state index is 13.1. The average molecular weight is 491 g/mol. The predicted molar refractivity (Wildman–Crippen MR) is 129 cm³/mol. The van der Waals surface area contributed by atoms with Crippen molar-refractivity contribution >= 4 is 47.2 Å². The highest BCUT2D eigenvalue weighted by molar-refractivity contribution is 6.39. The smallest absolute Gasteiger partial charge is 0.337 e. The van der Waals surface area contributed by atoms with Crippen molar-refractivity contribution in [3.8, 4) is 5.75 Å². The maximum Gasteiger partial charge on any atom is 0.337 e. The van der Waals surface area contributed by atoms with Crippen LogP contribution in [0.5, 0.6) is 5.75 Å². The monoisotopic (exact) mass is 490 g/mol. The number of barbiturate groups is 1. The standard InChI is InChI=1S/C26H19ClN2O6/c1-34-25(32)18-7-11-20(12-8-18)29-24(31)22(23(30)28-26(29)33)14-17-3-2-4-21(13-17)35-15-16-5-9-19(27)10-6-16/h2-14H,15H2,1H3,(H,28,30,33)/b22-14-. The number of anilines is 1. The van der Waals surface area contributed by atoms with Crippen LogP contribution in [0.25, 0.3) is 6.08 Å². The van der Waals surface area contributed by atoms with Crippen molar-refractivity contribution in [1.29, 1.82) is 0 Å². The molecule has 1 fully saturated rings. The Morgan fingerprint density at radius 3 is 2.40 bits per heavy atom. The molecule has 176 valence electrons. The average Bonchev–Trinajstić information content (AvgIpc) is 2.86. The van der Waals surface area contributed by atoms with Gasteiger partial charge in [-0.15, -0.1) is 0 Å². The number of imide groups is 2. The van der Waals surface area contributed by atoms with Gasteiger partial charge in [0.05, 0.1) is 18.4 Å². The number of nitrogens with one attached hydrogen (secondary N) is 1. The second-order valence-corrected chi connectivity index (χ2v) is 7.92. The third kappa shape index (κ3) is 5.39. The van der Waals surface area contributed by atoms with Crippen LogP contribution < -0.4 is 15.0 Å². The third-order valence-corrected chi connectivity index (χ3v) is 5.39. The summed E-state index contributed by atoms with van der Waals surface area (Å²) >= 11 is 5.90. The molecule has 4 rings (SSSR count). The van der Waals surface area contributed by atoms with Crippen LogP contribution in [0.2, 0.25) is 5.02 Å². The molecule has 0 unspecified atom stereocenters. The van der Waals surface area contributed by atoms with Crippen molar-refractivity contribution in [2.75, 3.05) is 12.0 Å². The number of esters is 1. The molecule has 1 N–H and O–H groups in total. The first-order chi connectivity index (χ1) is 16.9. The van der Waals surface area contributed by atoms with Crippen LogP contribution in [-0.4, -0.2) is 30.9 Å². The number of benzene rings is 3. The van der Waals surface area contributed by atoms with Gasteiger partial charge in [-0.1, -0.05) is 35.9 Å². The Hall–Kier alpha value is -4.43. The first kappa shape index (κ1) is 23.7. The van der Waals surface area contributed by atoms with Crippen molar-refractivity contribution in [3.63, 3.8) is 0 Å². The number of hydrogen-bond acceptors (Lipinski definition) is 6. The lowest BCUT2D eigenvalue weighted by Crippen LogP contribution is -2.54. The molecule has 9 heteroatoms. The van der Waals surface area contributed by atoms with Crippen molar-refractivity contribution in [3.05, 3.63) is 100 Å². The van der Waals surface area contributed by atoms with E-state index in [0.717, 1.165) is 10.5 Å². The lowest BCUT2D eigenvalue weighted by atomic mass is 10.1. The second kappa shape index (κ2) is 10.2. The molecule has 0 radical (unpaired) electrons. The summed E-state index contributed by atoms with van der Waals surface area (Å²) in [6.45, 7) is 0.306. The van der Waals surface area contributed by atoms with E-state index >= 15 is 0 Å². The van der Waals surface area contributed by atoms with Gasteiger partial charge in [0.25, 0.3) is 11.8 Å². The van der Waals surface area contributed by atoms with E-state index in [2.05, 4.69) is 10.1 Å². The molecule has 1 saturated heterocycles. The zero-order valence-corrected chi connectivity index (χ0v) is 19.2. The number of carbonyl (C=O) groups is 4. The Morgan fingerprint density at radius 2 is 1.71 bits per heavy atom. The van der Waals surface area contributed by atoms with Gasteiger partial charge in [0, 0.05) is 5.02 Å². The summed E-state index contributed by atoms with van der Waals surface area (Å²) in [6, 6.07) is 18.9. The summed E-state index contributed by atoms with van der Waals surface area (Å²) in [4.78, 5) is 50.4. The topological polar surface area (TPSA) is 102 Å². The molecule has 4 amide bonds. The van der Waals surface area contributed by atoms with Crippen LogP contribution in [0.1, 0.15) is 21.5 Å². The Balaban J connectivity index is 1.55. The Labute approximate surface area is 205 Å². The highest BCUT2D eigenvalue weighted by Crippen LogP contribution is 2.24. The van der Waals surface area contributed by atoms with E-state index in [1.165, 1.54) is 37.5 Å². The number of ether oxygens (including phenoxy) is 2. The molecule has 3 aromatic carbocycles. The Morgan fingerprint density at radius 1 is 1.00 bits per heavy atom. The molecule has 0 spiro atoms. The molecule has 0 atom stereocenters. The second-order valence-electron chi connectivity index (χ2n) is 7.48. The van der Waals surface area contributed by atoms with Crippen molar-refractivity contribution < 1.29 is 28.7 Å². The van der Waals surface area contributed by atoms with Gasteiger partial charge in [0.2, 0.25) is 0 Å². The summed E-state index contributed by atoms with van der Waals surface area (Å²) in [7, 11) is 1.25. The predicted octanol–water partition coefficient (Wildman–Crippen LogP) is 4.37. The fourth-order valence-corrected chi connectivity index (χ4v) is 3.49. The summed E-state index contributed by atoms with van der Waals surface area (Å²) in [5, 5.41) is 2.80. The third-order valence-electron chi connectivity index (χ3n) is 5.14. The zero-order valence-electron chi connectivity index (χ0n) is 18.5. The highest BCUT2D eigenvalue weighted by Gasteiger charge is 2.36. The lowest BCUT2D eigenvalue weighted by Gasteiger charge is -2.26. The highest BCUT2D eigenvalue weighted by atomic mass is 35.5.